The van der Waals surface area contributed by atoms with Crippen LogP contribution in [-0.4, -0.2) is 37.8 Å². The summed E-state index contributed by atoms with van der Waals surface area (Å²) < 4.78 is 26.3. The Morgan fingerprint density at radius 3 is 2.52 bits per heavy atom. The van der Waals surface area contributed by atoms with Crippen LogP contribution in [0.3, 0.4) is 0 Å². The van der Waals surface area contributed by atoms with Crippen LogP contribution in [0.15, 0.2) is 23.1 Å². The lowest BCUT2D eigenvalue weighted by Gasteiger charge is -2.19. The molecule has 0 spiro atoms. The Kier molecular flexibility index (Phi) is 6.10. The van der Waals surface area contributed by atoms with E-state index in [9.17, 15) is 18.5 Å². The number of rotatable bonds is 8. The monoisotopic (exact) mass is 315 g/mol. The van der Waals surface area contributed by atoms with Crippen LogP contribution in [0.1, 0.15) is 26.7 Å². The van der Waals surface area contributed by atoms with E-state index in [1.54, 1.807) is 6.92 Å². The lowest BCUT2D eigenvalue weighted by atomic mass is 10.3. The van der Waals surface area contributed by atoms with Gasteiger partial charge in [0, 0.05) is 32.3 Å². The third-order valence-electron chi connectivity index (χ3n) is 3.06. The van der Waals surface area contributed by atoms with Gasteiger partial charge in [0.2, 0.25) is 10.0 Å². The molecule has 0 bridgehead atoms. The minimum absolute atomic E-state index is 0.0635. The van der Waals surface area contributed by atoms with Gasteiger partial charge in [-0.05, 0) is 19.4 Å². The summed E-state index contributed by atoms with van der Waals surface area (Å²) in [5.74, 6) is 0. The predicted molar refractivity (Wildman–Crippen MR) is 82.0 cm³/mol. The van der Waals surface area contributed by atoms with Crippen molar-refractivity contribution in [2.24, 2.45) is 0 Å². The zero-order valence-electron chi connectivity index (χ0n) is 12.5. The Morgan fingerprint density at radius 2 is 2.00 bits per heavy atom. The highest BCUT2D eigenvalue weighted by atomic mass is 32.2. The van der Waals surface area contributed by atoms with Crippen molar-refractivity contribution in [1.29, 1.82) is 0 Å². The van der Waals surface area contributed by atoms with Crippen molar-refractivity contribution in [1.82, 2.24) is 4.31 Å². The second-order valence-corrected chi connectivity index (χ2v) is 6.66. The van der Waals surface area contributed by atoms with E-state index in [0.29, 0.717) is 13.1 Å². The molecule has 1 rings (SSSR count). The zero-order valence-corrected chi connectivity index (χ0v) is 13.3. The molecule has 0 amide bonds. The van der Waals surface area contributed by atoms with Crippen LogP contribution in [0, 0.1) is 10.1 Å². The second kappa shape index (κ2) is 7.37. The third kappa shape index (κ3) is 4.15. The molecule has 0 aliphatic carbocycles. The van der Waals surface area contributed by atoms with Gasteiger partial charge in [-0.3, -0.25) is 10.1 Å². The van der Waals surface area contributed by atoms with Gasteiger partial charge in [-0.25, -0.2) is 12.7 Å². The van der Waals surface area contributed by atoms with Crippen molar-refractivity contribution in [3.05, 3.63) is 28.3 Å². The molecule has 0 heterocycles. The Hall–Kier alpha value is -1.67. The molecule has 1 N–H and O–H groups in total. The van der Waals surface area contributed by atoms with E-state index in [4.69, 9.17) is 0 Å². The average molecular weight is 315 g/mol. The van der Waals surface area contributed by atoms with E-state index in [1.165, 1.54) is 29.6 Å². The molecular weight excluding hydrogens is 294 g/mol. The summed E-state index contributed by atoms with van der Waals surface area (Å²) >= 11 is 0. The Balaban J connectivity index is 3.24. The van der Waals surface area contributed by atoms with Crippen molar-refractivity contribution >= 4 is 21.4 Å². The summed E-state index contributed by atoms with van der Waals surface area (Å²) in [7, 11) is -2.14. The van der Waals surface area contributed by atoms with Crippen LogP contribution in [-0.2, 0) is 10.0 Å². The molecule has 0 aliphatic heterocycles. The summed E-state index contributed by atoms with van der Waals surface area (Å²) in [5, 5.41) is 13.7. The number of nitro benzene ring substituents is 1. The lowest BCUT2D eigenvalue weighted by Crippen LogP contribution is -2.28. The predicted octanol–water partition coefficient (Wildman–Crippen LogP) is 2.45. The molecule has 0 aliphatic rings. The molecular formula is C13H21N3O4S. The van der Waals surface area contributed by atoms with Gasteiger partial charge in [-0.15, -0.1) is 0 Å². The first-order valence-electron chi connectivity index (χ1n) is 6.83. The maximum absolute atomic E-state index is 12.5. The van der Waals surface area contributed by atoms with E-state index in [1.807, 2.05) is 6.92 Å². The molecule has 8 heteroatoms. The van der Waals surface area contributed by atoms with Gasteiger partial charge in [0.1, 0.15) is 4.90 Å². The van der Waals surface area contributed by atoms with Crippen LogP contribution in [0.2, 0.25) is 0 Å². The molecule has 0 saturated carbocycles. The number of unbranched alkanes of at least 4 members (excludes halogenated alkanes) is 1. The largest absolute Gasteiger partial charge is 0.384 e. The van der Waals surface area contributed by atoms with Gasteiger partial charge >= 0.3 is 0 Å². The fourth-order valence-electron chi connectivity index (χ4n) is 1.85. The van der Waals surface area contributed by atoms with Crippen molar-refractivity contribution in [3.63, 3.8) is 0 Å². The van der Waals surface area contributed by atoms with Gasteiger partial charge < -0.3 is 5.32 Å². The molecule has 0 atom stereocenters. The zero-order chi connectivity index (χ0) is 16.0. The first-order chi connectivity index (χ1) is 9.84. The highest BCUT2D eigenvalue weighted by Gasteiger charge is 2.25. The van der Waals surface area contributed by atoms with Crippen LogP contribution >= 0.6 is 0 Å². The van der Waals surface area contributed by atoms with E-state index in [0.717, 1.165) is 12.8 Å². The van der Waals surface area contributed by atoms with E-state index in [2.05, 4.69) is 5.32 Å². The SMILES string of the molecule is CCCCN(C)S(=O)(=O)c1ccc([N+](=O)[O-])cc1NCC. The second-order valence-electron chi connectivity index (χ2n) is 4.65. The summed E-state index contributed by atoms with van der Waals surface area (Å²) in [6.45, 7) is 4.68. The number of benzene rings is 1. The van der Waals surface area contributed by atoms with Crippen LogP contribution < -0.4 is 5.32 Å². The average Bonchev–Trinajstić information content (AvgIpc) is 2.44. The van der Waals surface area contributed by atoms with Crippen molar-refractivity contribution in [2.75, 3.05) is 25.5 Å². The molecule has 7 nitrogen and oxygen atoms in total. The Morgan fingerprint density at radius 1 is 1.33 bits per heavy atom. The summed E-state index contributed by atoms with van der Waals surface area (Å²) in [6.07, 6.45) is 1.65. The molecule has 118 valence electrons. The number of hydrogen-bond acceptors (Lipinski definition) is 5. The summed E-state index contributed by atoms with van der Waals surface area (Å²) in [4.78, 5) is 10.3. The normalized spacial score (nSPS) is 11.6. The lowest BCUT2D eigenvalue weighted by molar-refractivity contribution is -0.384. The summed E-state index contributed by atoms with van der Waals surface area (Å²) in [6, 6.07) is 3.75. The van der Waals surface area contributed by atoms with Crippen LogP contribution in [0.4, 0.5) is 11.4 Å². The Labute approximate surface area is 125 Å². The first-order valence-corrected chi connectivity index (χ1v) is 8.27. The van der Waals surface area contributed by atoms with E-state index in [-0.39, 0.29) is 16.3 Å². The van der Waals surface area contributed by atoms with Gasteiger partial charge in [-0.2, -0.15) is 0 Å². The van der Waals surface area contributed by atoms with E-state index >= 15 is 0 Å². The van der Waals surface area contributed by atoms with Gasteiger partial charge in [0.25, 0.3) is 5.69 Å². The first kappa shape index (κ1) is 17.4. The minimum Gasteiger partial charge on any atom is -0.384 e. The molecule has 1 aromatic carbocycles. The maximum atomic E-state index is 12.5. The molecule has 0 fully saturated rings. The Bertz CT molecular complexity index is 601. The summed E-state index contributed by atoms with van der Waals surface area (Å²) in [5.41, 5.74) is 0.121. The number of non-ortho nitro benzene ring substituents is 1. The number of nitrogens with zero attached hydrogens (tertiary/aromatic N) is 2. The number of sulfonamides is 1. The highest BCUT2D eigenvalue weighted by molar-refractivity contribution is 7.89. The van der Waals surface area contributed by atoms with Crippen LogP contribution in [0.5, 0.6) is 0 Å². The number of hydrogen-bond donors (Lipinski definition) is 1. The smallest absolute Gasteiger partial charge is 0.271 e. The number of anilines is 1. The standard InChI is InChI=1S/C13H21N3O4S/c1-4-6-9-15(3)21(19,20)13-8-7-11(16(17)18)10-12(13)14-5-2/h7-8,10,14H,4-6,9H2,1-3H3. The van der Waals surface area contributed by atoms with Crippen molar-refractivity contribution < 1.29 is 13.3 Å². The fourth-order valence-corrected chi connectivity index (χ4v) is 3.21. The fraction of sp³-hybridized carbons (Fsp3) is 0.538. The van der Waals surface area contributed by atoms with Crippen molar-refractivity contribution in [3.8, 4) is 0 Å². The quantitative estimate of drug-likeness (QED) is 0.587. The number of nitro groups is 1. The van der Waals surface area contributed by atoms with Gasteiger partial charge in [0.15, 0.2) is 0 Å². The van der Waals surface area contributed by atoms with Gasteiger partial charge in [-0.1, -0.05) is 13.3 Å². The molecule has 0 saturated heterocycles. The molecule has 0 radical (unpaired) electrons. The third-order valence-corrected chi connectivity index (χ3v) is 4.97. The van der Waals surface area contributed by atoms with Crippen LogP contribution in [0.25, 0.3) is 0 Å². The maximum Gasteiger partial charge on any atom is 0.271 e. The molecule has 1 aromatic rings. The molecule has 0 unspecified atom stereocenters. The topological polar surface area (TPSA) is 92.5 Å². The minimum atomic E-state index is -3.66. The van der Waals surface area contributed by atoms with Crippen molar-refractivity contribution in [2.45, 2.75) is 31.6 Å². The molecule has 21 heavy (non-hydrogen) atoms. The van der Waals surface area contributed by atoms with Gasteiger partial charge in [0.05, 0.1) is 10.6 Å². The highest BCUT2D eigenvalue weighted by Crippen LogP contribution is 2.28. The molecule has 0 aromatic heterocycles. The van der Waals surface area contributed by atoms with E-state index < -0.39 is 14.9 Å². The number of nitrogens with one attached hydrogen (secondary N) is 1.